The second kappa shape index (κ2) is 7.93. The van der Waals surface area contributed by atoms with Gasteiger partial charge in [0, 0.05) is 6.54 Å². The molecule has 1 aliphatic heterocycles. The molecule has 0 aliphatic carbocycles. The number of hydrogen-bond acceptors (Lipinski definition) is 4. The Kier molecular flexibility index (Phi) is 5.93. The van der Waals surface area contributed by atoms with E-state index in [0.29, 0.717) is 6.54 Å². The van der Waals surface area contributed by atoms with Gasteiger partial charge < -0.3 is 4.74 Å². The fourth-order valence-corrected chi connectivity index (χ4v) is 2.66. The molecule has 0 saturated carbocycles. The lowest BCUT2D eigenvalue weighted by atomic mass is 10.1. The SMILES string of the molecule is CC(=O)CC(=O)OC(CN1CCCCC1)c1ccccc1. The van der Waals surface area contributed by atoms with E-state index in [0.717, 1.165) is 18.7 Å². The molecule has 1 heterocycles. The highest BCUT2D eigenvalue weighted by atomic mass is 16.5. The highest BCUT2D eigenvalue weighted by molar-refractivity contribution is 5.94. The van der Waals surface area contributed by atoms with Crippen molar-refractivity contribution in [2.24, 2.45) is 0 Å². The van der Waals surface area contributed by atoms with Gasteiger partial charge in [-0.15, -0.1) is 0 Å². The zero-order valence-electron chi connectivity index (χ0n) is 12.6. The van der Waals surface area contributed by atoms with E-state index in [1.807, 2.05) is 30.3 Å². The Morgan fingerprint density at radius 1 is 1.14 bits per heavy atom. The van der Waals surface area contributed by atoms with Crippen molar-refractivity contribution in [3.05, 3.63) is 35.9 Å². The van der Waals surface area contributed by atoms with Crippen molar-refractivity contribution in [3.63, 3.8) is 0 Å². The zero-order chi connectivity index (χ0) is 15.1. The van der Waals surface area contributed by atoms with Crippen LogP contribution in [0.2, 0.25) is 0 Å². The lowest BCUT2D eigenvalue weighted by molar-refractivity contribution is -0.152. The second-order valence-corrected chi connectivity index (χ2v) is 5.63. The van der Waals surface area contributed by atoms with Crippen LogP contribution in [0, 0.1) is 0 Å². The Morgan fingerprint density at radius 2 is 1.81 bits per heavy atom. The van der Waals surface area contributed by atoms with Crippen molar-refractivity contribution in [3.8, 4) is 0 Å². The van der Waals surface area contributed by atoms with Crippen molar-refractivity contribution < 1.29 is 14.3 Å². The molecule has 1 saturated heterocycles. The number of carbonyl (C=O) groups is 2. The number of nitrogens with zero attached hydrogens (tertiary/aromatic N) is 1. The Labute approximate surface area is 126 Å². The molecule has 2 rings (SSSR count). The molecule has 0 amide bonds. The number of benzene rings is 1. The number of rotatable bonds is 6. The molecule has 1 unspecified atom stereocenters. The van der Waals surface area contributed by atoms with Gasteiger partial charge in [-0.05, 0) is 38.4 Å². The number of likely N-dealkylation sites (tertiary alicyclic amines) is 1. The summed E-state index contributed by atoms with van der Waals surface area (Å²) in [7, 11) is 0. The molecular formula is C17H23NO3. The molecule has 4 nitrogen and oxygen atoms in total. The molecule has 0 bridgehead atoms. The third kappa shape index (κ3) is 5.31. The summed E-state index contributed by atoms with van der Waals surface area (Å²) in [5, 5.41) is 0. The molecule has 1 aliphatic rings. The molecule has 1 fully saturated rings. The highest BCUT2D eigenvalue weighted by Gasteiger charge is 2.22. The largest absolute Gasteiger partial charge is 0.456 e. The Morgan fingerprint density at radius 3 is 2.43 bits per heavy atom. The van der Waals surface area contributed by atoms with Gasteiger partial charge in [0.1, 0.15) is 18.3 Å². The number of hydrogen-bond donors (Lipinski definition) is 0. The fraction of sp³-hybridized carbons (Fsp3) is 0.529. The van der Waals surface area contributed by atoms with E-state index in [-0.39, 0.29) is 18.3 Å². The van der Waals surface area contributed by atoms with Crippen molar-refractivity contribution in [2.75, 3.05) is 19.6 Å². The van der Waals surface area contributed by atoms with Crippen molar-refractivity contribution in [2.45, 2.75) is 38.7 Å². The van der Waals surface area contributed by atoms with Gasteiger partial charge in [-0.25, -0.2) is 0 Å². The van der Waals surface area contributed by atoms with Crippen LogP contribution >= 0.6 is 0 Å². The van der Waals surface area contributed by atoms with Crippen LogP contribution in [-0.2, 0) is 14.3 Å². The average Bonchev–Trinajstić information content (AvgIpc) is 2.48. The number of piperidine rings is 1. The third-order valence-electron chi connectivity index (χ3n) is 3.71. The van der Waals surface area contributed by atoms with E-state index < -0.39 is 5.97 Å². The molecule has 0 N–H and O–H groups in total. The summed E-state index contributed by atoms with van der Waals surface area (Å²) in [4.78, 5) is 25.2. The lowest BCUT2D eigenvalue weighted by Gasteiger charge is -2.30. The summed E-state index contributed by atoms with van der Waals surface area (Å²) in [6.45, 7) is 4.21. The maximum absolute atomic E-state index is 11.8. The summed E-state index contributed by atoms with van der Waals surface area (Å²) in [5.41, 5.74) is 0.986. The average molecular weight is 289 g/mol. The number of ether oxygens (including phenoxy) is 1. The maximum atomic E-state index is 11.8. The van der Waals surface area contributed by atoms with Crippen LogP contribution in [0.25, 0.3) is 0 Å². The Balaban J connectivity index is 2.02. The smallest absolute Gasteiger partial charge is 0.313 e. The standard InChI is InChI=1S/C17H23NO3/c1-14(19)12-17(20)21-16(15-8-4-2-5-9-15)13-18-10-6-3-7-11-18/h2,4-5,8-9,16H,3,6-7,10-13H2,1H3. The van der Waals surface area contributed by atoms with Gasteiger partial charge in [0.15, 0.2) is 0 Å². The van der Waals surface area contributed by atoms with E-state index in [9.17, 15) is 9.59 Å². The van der Waals surface area contributed by atoms with Gasteiger partial charge in [-0.3, -0.25) is 14.5 Å². The molecule has 21 heavy (non-hydrogen) atoms. The number of ketones is 1. The van der Waals surface area contributed by atoms with Crippen molar-refractivity contribution in [1.29, 1.82) is 0 Å². The summed E-state index contributed by atoms with van der Waals surface area (Å²) >= 11 is 0. The molecule has 0 spiro atoms. The van der Waals surface area contributed by atoms with E-state index in [1.165, 1.54) is 26.2 Å². The minimum absolute atomic E-state index is 0.149. The summed E-state index contributed by atoms with van der Waals surface area (Å²) < 4.78 is 5.55. The van der Waals surface area contributed by atoms with Crippen LogP contribution in [0.1, 0.15) is 44.3 Å². The number of esters is 1. The summed E-state index contributed by atoms with van der Waals surface area (Å²) in [6.07, 6.45) is 3.22. The Bertz CT molecular complexity index is 466. The predicted molar refractivity (Wildman–Crippen MR) is 80.9 cm³/mol. The zero-order valence-corrected chi connectivity index (χ0v) is 12.6. The van der Waals surface area contributed by atoms with Gasteiger partial charge in [0.25, 0.3) is 0 Å². The van der Waals surface area contributed by atoms with E-state index >= 15 is 0 Å². The van der Waals surface area contributed by atoms with Crippen LogP contribution in [0.15, 0.2) is 30.3 Å². The molecule has 4 heteroatoms. The van der Waals surface area contributed by atoms with Gasteiger partial charge in [0.05, 0.1) is 0 Å². The van der Waals surface area contributed by atoms with E-state index in [4.69, 9.17) is 4.74 Å². The van der Waals surface area contributed by atoms with Crippen molar-refractivity contribution >= 4 is 11.8 Å². The first-order valence-corrected chi connectivity index (χ1v) is 7.61. The fourth-order valence-electron chi connectivity index (χ4n) is 2.66. The third-order valence-corrected chi connectivity index (χ3v) is 3.71. The van der Waals surface area contributed by atoms with Gasteiger partial charge in [-0.2, -0.15) is 0 Å². The number of Topliss-reactive ketones (excluding diaryl/α,β-unsaturated/α-hetero) is 1. The molecule has 1 atom stereocenters. The predicted octanol–water partition coefficient (Wildman–Crippen LogP) is 2.74. The molecule has 0 aromatic heterocycles. The van der Waals surface area contributed by atoms with Crippen LogP contribution < -0.4 is 0 Å². The quantitative estimate of drug-likeness (QED) is 0.597. The normalized spacial score (nSPS) is 17.2. The molecular weight excluding hydrogens is 266 g/mol. The topological polar surface area (TPSA) is 46.6 Å². The monoisotopic (exact) mass is 289 g/mol. The van der Waals surface area contributed by atoms with Gasteiger partial charge in [0.2, 0.25) is 0 Å². The number of carbonyl (C=O) groups excluding carboxylic acids is 2. The summed E-state index contributed by atoms with van der Waals surface area (Å²) in [5.74, 6) is -0.599. The molecule has 1 aromatic carbocycles. The Hall–Kier alpha value is -1.68. The lowest BCUT2D eigenvalue weighted by Crippen LogP contribution is -2.35. The molecule has 114 valence electrons. The molecule has 1 aromatic rings. The van der Waals surface area contributed by atoms with Gasteiger partial charge >= 0.3 is 5.97 Å². The molecule has 0 radical (unpaired) electrons. The van der Waals surface area contributed by atoms with E-state index in [2.05, 4.69) is 4.90 Å². The first-order valence-electron chi connectivity index (χ1n) is 7.61. The van der Waals surface area contributed by atoms with Crippen LogP contribution in [-0.4, -0.2) is 36.3 Å². The maximum Gasteiger partial charge on any atom is 0.313 e. The van der Waals surface area contributed by atoms with Gasteiger partial charge in [-0.1, -0.05) is 36.8 Å². The minimum Gasteiger partial charge on any atom is -0.456 e. The first-order chi connectivity index (χ1) is 10.1. The highest BCUT2D eigenvalue weighted by Crippen LogP contribution is 2.21. The van der Waals surface area contributed by atoms with Crippen molar-refractivity contribution in [1.82, 2.24) is 4.90 Å². The minimum atomic E-state index is -0.437. The van der Waals surface area contributed by atoms with E-state index in [1.54, 1.807) is 0 Å². The van der Waals surface area contributed by atoms with Crippen LogP contribution in [0.3, 0.4) is 0 Å². The van der Waals surface area contributed by atoms with Crippen LogP contribution in [0.5, 0.6) is 0 Å². The van der Waals surface area contributed by atoms with Crippen LogP contribution in [0.4, 0.5) is 0 Å². The summed E-state index contributed by atoms with van der Waals surface area (Å²) in [6, 6.07) is 9.76. The first kappa shape index (κ1) is 15.7. The second-order valence-electron chi connectivity index (χ2n) is 5.63.